The van der Waals surface area contributed by atoms with Crippen LogP contribution in [0.1, 0.15) is 24.6 Å². The molecule has 1 heterocycles. The van der Waals surface area contributed by atoms with Gasteiger partial charge in [0, 0.05) is 13.7 Å². The van der Waals surface area contributed by atoms with Crippen LogP contribution in [-0.2, 0) is 9.53 Å². The lowest BCUT2D eigenvalue weighted by molar-refractivity contribution is -0.131. The summed E-state index contributed by atoms with van der Waals surface area (Å²) in [5.41, 5.74) is 0.875. The highest BCUT2D eigenvalue weighted by atomic mass is 16.5. The van der Waals surface area contributed by atoms with E-state index in [0.29, 0.717) is 13.2 Å². The normalized spacial score (nSPS) is 24.8. The van der Waals surface area contributed by atoms with E-state index < -0.39 is 0 Å². The summed E-state index contributed by atoms with van der Waals surface area (Å²) in [6.07, 6.45) is 1.91. The highest BCUT2D eigenvalue weighted by Gasteiger charge is 2.59. The van der Waals surface area contributed by atoms with Crippen LogP contribution in [0.4, 0.5) is 0 Å². The van der Waals surface area contributed by atoms with Crippen molar-refractivity contribution < 1.29 is 9.53 Å². The van der Waals surface area contributed by atoms with E-state index in [-0.39, 0.29) is 17.6 Å². The molecule has 2 fully saturated rings. The third-order valence-corrected chi connectivity index (χ3v) is 3.80. The zero-order valence-electron chi connectivity index (χ0n) is 10.6. The van der Waals surface area contributed by atoms with Gasteiger partial charge in [0.2, 0.25) is 5.91 Å². The van der Waals surface area contributed by atoms with Crippen molar-refractivity contribution in [3.8, 4) is 0 Å². The van der Waals surface area contributed by atoms with Gasteiger partial charge in [-0.25, -0.2) is 0 Å². The first-order chi connectivity index (χ1) is 8.77. The van der Waals surface area contributed by atoms with Crippen molar-refractivity contribution in [3.05, 3.63) is 35.9 Å². The van der Waals surface area contributed by atoms with E-state index in [1.807, 2.05) is 23.1 Å². The topological polar surface area (TPSA) is 41.6 Å². The van der Waals surface area contributed by atoms with E-state index in [9.17, 15) is 4.79 Å². The fraction of sp³-hybridized carbons (Fsp3) is 0.500. The Labute approximate surface area is 107 Å². The molecule has 1 aromatic carbocycles. The maximum absolute atomic E-state index is 12.4. The van der Waals surface area contributed by atoms with Gasteiger partial charge < -0.3 is 9.64 Å². The predicted molar refractivity (Wildman–Crippen MR) is 67.9 cm³/mol. The van der Waals surface area contributed by atoms with E-state index in [2.05, 4.69) is 17.4 Å². The molecular weight excluding hydrogens is 228 g/mol. The molecule has 18 heavy (non-hydrogen) atoms. The molecule has 1 aliphatic carbocycles. The molecule has 1 aromatic rings. The molecule has 0 bridgehead atoms. The number of carbonyl (C=O) groups excluding carboxylic acids is 1. The van der Waals surface area contributed by atoms with Gasteiger partial charge in [0.1, 0.15) is 11.7 Å². The quantitative estimate of drug-likeness (QED) is 0.870. The first-order valence-corrected chi connectivity index (χ1v) is 6.39. The zero-order chi connectivity index (χ0) is 12.6. The van der Waals surface area contributed by atoms with Crippen molar-refractivity contribution in [2.75, 3.05) is 20.3 Å². The molecule has 3 rings (SSSR count). The number of methoxy groups -OCH3 is 1. The summed E-state index contributed by atoms with van der Waals surface area (Å²) in [6, 6.07) is 10.1. The number of nitrogens with zero attached hydrogens (tertiary/aromatic N) is 1. The molecule has 96 valence electrons. The average molecular weight is 246 g/mol. The van der Waals surface area contributed by atoms with E-state index in [0.717, 1.165) is 18.4 Å². The van der Waals surface area contributed by atoms with Gasteiger partial charge in [0.05, 0.1) is 6.61 Å². The first kappa shape index (κ1) is 11.7. The Morgan fingerprint density at radius 1 is 1.39 bits per heavy atom. The van der Waals surface area contributed by atoms with Crippen LogP contribution in [0.5, 0.6) is 0 Å². The van der Waals surface area contributed by atoms with Gasteiger partial charge in [-0.2, -0.15) is 0 Å². The second-order valence-corrected chi connectivity index (χ2v) is 5.03. The van der Waals surface area contributed by atoms with Crippen LogP contribution < -0.4 is 5.32 Å². The summed E-state index contributed by atoms with van der Waals surface area (Å²) in [5, 5.41) is 3.49. The van der Waals surface area contributed by atoms with Crippen LogP contribution in [0.2, 0.25) is 0 Å². The van der Waals surface area contributed by atoms with Crippen molar-refractivity contribution in [2.24, 2.45) is 0 Å². The molecule has 1 N–H and O–H groups in total. The highest BCUT2D eigenvalue weighted by molar-refractivity contribution is 5.92. The summed E-state index contributed by atoms with van der Waals surface area (Å²) >= 11 is 0. The van der Waals surface area contributed by atoms with E-state index in [1.54, 1.807) is 7.11 Å². The molecular formula is C14H18N2O2. The minimum atomic E-state index is -0.270. The van der Waals surface area contributed by atoms with Crippen LogP contribution in [0.15, 0.2) is 30.3 Å². The first-order valence-electron chi connectivity index (χ1n) is 6.39. The smallest absolute Gasteiger partial charge is 0.244 e. The largest absolute Gasteiger partial charge is 0.383 e. The van der Waals surface area contributed by atoms with Crippen LogP contribution in [0.3, 0.4) is 0 Å². The molecule has 0 radical (unpaired) electrons. The Balaban J connectivity index is 1.85. The highest BCUT2D eigenvalue weighted by Crippen LogP contribution is 2.45. The third-order valence-electron chi connectivity index (χ3n) is 3.80. The van der Waals surface area contributed by atoms with E-state index in [4.69, 9.17) is 4.74 Å². The minimum absolute atomic E-state index is 0.00338. The standard InChI is InChI=1S/C14H18N2O2/c1-18-10-9-16-12(11-5-3-2-4-6-11)15-14(7-8-14)13(16)17/h2-6,12,15H,7-10H2,1H3. The van der Waals surface area contributed by atoms with Gasteiger partial charge in [-0.1, -0.05) is 30.3 Å². The molecule has 0 aromatic heterocycles. The van der Waals surface area contributed by atoms with Crippen molar-refractivity contribution in [1.82, 2.24) is 10.2 Å². The number of nitrogens with one attached hydrogen (secondary N) is 1. The lowest BCUT2D eigenvalue weighted by Crippen LogP contribution is -2.34. The summed E-state index contributed by atoms with van der Waals surface area (Å²) in [7, 11) is 1.67. The Hall–Kier alpha value is -1.39. The molecule has 1 saturated carbocycles. The number of hydrogen-bond donors (Lipinski definition) is 1. The minimum Gasteiger partial charge on any atom is -0.383 e. The van der Waals surface area contributed by atoms with Gasteiger partial charge in [-0.15, -0.1) is 0 Å². The molecule has 4 nitrogen and oxygen atoms in total. The maximum Gasteiger partial charge on any atom is 0.244 e. The summed E-state index contributed by atoms with van der Waals surface area (Å²) in [4.78, 5) is 14.3. The molecule has 1 amide bonds. The zero-order valence-corrected chi connectivity index (χ0v) is 10.6. The molecule has 2 aliphatic rings. The lowest BCUT2D eigenvalue weighted by Gasteiger charge is -2.24. The van der Waals surface area contributed by atoms with Crippen molar-refractivity contribution in [3.63, 3.8) is 0 Å². The fourth-order valence-corrected chi connectivity index (χ4v) is 2.60. The summed E-state index contributed by atoms with van der Waals surface area (Å²) in [5.74, 6) is 0.230. The predicted octanol–water partition coefficient (Wildman–Crippen LogP) is 1.30. The monoisotopic (exact) mass is 246 g/mol. The number of ether oxygens (including phenoxy) is 1. The lowest BCUT2D eigenvalue weighted by atomic mass is 10.1. The average Bonchev–Trinajstić information content (AvgIpc) is 3.13. The second kappa shape index (κ2) is 4.37. The number of hydrogen-bond acceptors (Lipinski definition) is 3. The van der Waals surface area contributed by atoms with Gasteiger partial charge in [0.15, 0.2) is 0 Å². The molecule has 1 aliphatic heterocycles. The molecule has 1 unspecified atom stereocenters. The van der Waals surface area contributed by atoms with Crippen LogP contribution in [-0.4, -0.2) is 36.6 Å². The Morgan fingerprint density at radius 3 is 2.72 bits per heavy atom. The van der Waals surface area contributed by atoms with Crippen LogP contribution in [0.25, 0.3) is 0 Å². The van der Waals surface area contributed by atoms with Crippen molar-refractivity contribution in [1.29, 1.82) is 0 Å². The molecule has 4 heteroatoms. The Bertz CT molecular complexity index is 442. The third kappa shape index (κ3) is 1.82. The Kier molecular flexibility index (Phi) is 2.84. The van der Waals surface area contributed by atoms with Crippen molar-refractivity contribution in [2.45, 2.75) is 24.5 Å². The van der Waals surface area contributed by atoms with Gasteiger partial charge in [0.25, 0.3) is 0 Å². The summed E-state index contributed by atoms with van der Waals surface area (Å²) in [6.45, 7) is 1.22. The molecule has 1 atom stereocenters. The fourth-order valence-electron chi connectivity index (χ4n) is 2.60. The van der Waals surface area contributed by atoms with Crippen molar-refractivity contribution >= 4 is 5.91 Å². The number of benzene rings is 1. The summed E-state index contributed by atoms with van der Waals surface area (Å²) < 4.78 is 5.10. The van der Waals surface area contributed by atoms with Crippen LogP contribution in [0, 0.1) is 0 Å². The Morgan fingerprint density at radius 2 is 2.11 bits per heavy atom. The van der Waals surface area contributed by atoms with E-state index >= 15 is 0 Å². The van der Waals surface area contributed by atoms with Gasteiger partial charge >= 0.3 is 0 Å². The van der Waals surface area contributed by atoms with Gasteiger partial charge in [-0.05, 0) is 18.4 Å². The van der Waals surface area contributed by atoms with Gasteiger partial charge in [-0.3, -0.25) is 10.1 Å². The van der Waals surface area contributed by atoms with E-state index in [1.165, 1.54) is 0 Å². The number of carbonyl (C=O) groups is 1. The SMILES string of the molecule is COCCN1C(=O)C2(CC2)NC1c1ccccc1. The maximum atomic E-state index is 12.4. The number of rotatable bonds is 4. The van der Waals surface area contributed by atoms with Crippen LogP contribution >= 0.6 is 0 Å². The second-order valence-electron chi connectivity index (χ2n) is 5.03. The molecule has 1 saturated heterocycles. The number of amides is 1. The molecule has 1 spiro atoms.